The van der Waals surface area contributed by atoms with E-state index in [4.69, 9.17) is 0 Å². The lowest BCUT2D eigenvalue weighted by Crippen LogP contribution is -1.90. The van der Waals surface area contributed by atoms with Crippen molar-refractivity contribution in [2.24, 2.45) is 0 Å². The van der Waals surface area contributed by atoms with Crippen molar-refractivity contribution in [3.63, 3.8) is 0 Å². The van der Waals surface area contributed by atoms with Gasteiger partial charge in [0.25, 0.3) is 5.69 Å². The maximum atomic E-state index is 10.8. The van der Waals surface area contributed by atoms with Crippen LogP contribution in [0.15, 0.2) is 51.4 Å². The number of hydrogen-bond donors (Lipinski definition) is 0. The predicted molar refractivity (Wildman–Crippen MR) is 73.9 cm³/mol. The minimum atomic E-state index is -0.396. The molecule has 2 aromatic carbocycles. The average Bonchev–Trinajstić information content (AvgIpc) is 2.30. The fourth-order valence-electron chi connectivity index (χ4n) is 1.47. The Labute approximate surface area is 115 Å². The van der Waals surface area contributed by atoms with Crippen molar-refractivity contribution in [3.8, 4) is 11.1 Å². The Morgan fingerprint density at radius 1 is 0.941 bits per heavy atom. The zero-order chi connectivity index (χ0) is 12.4. The molecule has 86 valence electrons. The van der Waals surface area contributed by atoms with Crippen molar-refractivity contribution in [2.45, 2.75) is 0 Å². The SMILES string of the molecule is O=[N+]([O-])c1cc(-c2ccc(Br)cc2)ccc1Br. The smallest absolute Gasteiger partial charge is 0.258 e. The standard InChI is InChI=1S/C12H7Br2NO2/c13-10-4-1-8(2-5-10)9-3-6-11(14)12(7-9)15(16)17/h1-7H. The molecule has 0 radical (unpaired) electrons. The lowest BCUT2D eigenvalue weighted by molar-refractivity contribution is -0.385. The molecule has 17 heavy (non-hydrogen) atoms. The van der Waals surface area contributed by atoms with E-state index in [1.165, 1.54) is 0 Å². The molecule has 0 aliphatic rings. The number of nitrogens with zero attached hydrogens (tertiary/aromatic N) is 1. The van der Waals surface area contributed by atoms with Gasteiger partial charge in [-0.2, -0.15) is 0 Å². The molecule has 0 amide bonds. The van der Waals surface area contributed by atoms with Crippen LogP contribution in [0.3, 0.4) is 0 Å². The first kappa shape index (κ1) is 12.3. The molecular weight excluding hydrogens is 350 g/mol. The summed E-state index contributed by atoms with van der Waals surface area (Å²) in [6.07, 6.45) is 0. The van der Waals surface area contributed by atoms with E-state index < -0.39 is 4.92 Å². The van der Waals surface area contributed by atoms with Gasteiger partial charge in [-0.25, -0.2) is 0 Å². The van der Waals surface area contributed by atoms with Gasteiger partial charge in [0, 0.05) is 10.5 Å². The van der Waals surface area contributed by atoms with Crippen molar-refractivity contribution >= 4 is 37.5 Å². The second kappa shape index (κ2) is 4.98. The zero-order valence-corrected chi connectivity index (χ0v) is 11.7. The van der Waals surface area contributed by atoms with Crippen LogP contribution in [0.4, 0.5) is 5.69 Å². The third-order valence-corrected chi connectivity index (χ3v) is 3.52. The Balaban J connectivity index is 2.50. The monoisotopic (exact) mass is 355 g/mol. The summed E-state index contributed by atoms with van der Waals surface area (Å²) in [5.74, 6) is 0. The van der Waals surface area contributed by atoms with E-state index in [1.54, 1.807) is 12.1 Å². The fourth-order valence-corrected chi connectivity index (χ4v) is 2.13. The van der Waals surface area contributed by atoms with E-state index in [2.05, 4.69) is 31.9 Å². The van der Waals surface area contributed by atoms with Gasteiger partial charge in [0.2, 0.25) is 0 Å². The zero-order valence-electron chi connectivity index (χ0n) is 8.56. The van der Waals surface area contributed by atoms with Crippen LogP contribution in [0.1, 0.15) is 0 Å². The normalized spacial score (nSPS) is 10.2. The summed E-state index contributed by atoms with van der Waals surface area (Å²) in [5, 5.41) is 10.8. The first-order valence-electron chi connectivity index (χ1n) is 4.78. The van der Waals surface area contributed by atoms with Crippen LogP contribution in [0.25, 0.3) is 11.1 Å². The molecule has 0 heterocycles. The van der Waals surface area contributed by atoms with Gasteiger partial charge in [-0.1, -0.05) is 34.1 Å². The number of nitro groups is 1. The lowest BCUT2D eigenvalue weighted by Gasteiger charge is -2.03. The van der Waals surface area contributed by atoms with Gasteiger partial charge in [-0.05, 0) is 45.3 Å². The lowest BCUT2D eigenvalue weighted by atomic mass is 10.1. The van der Waals surface area contributed by atoms with Gasteiger partial charge < -0.3 is 0 Å². The summed E-state index contributed by atoms with van der Waals surface area (Å²) in [5.41, 5.74) is 1.85. The molecule has 0 aliphatic carbocycles. The minimum Gasteiger partial charge on any atom is -0.258 e. The summed E-state index contributed by atoms with van der Waals surface area (Å²) in [6, 6.07) is 12.7. The largest absolute Gasteiger partial charge is 0.284 e. The van der Waals surface area contributed by atoms with Crippen molar-refractivity contribution in [2.75, 3.05) is 0 Å². The summed E-state index contributed by atoms with van der Waals surface area (Å²) in [7, 11) is 0. The Bertz CT molecular complexity index is 567. The molecule has 2 rings (SSSR count). The summed E-state index contributed by atoms with van der Waals surface area (Å²) in [4.78, 5) is 10.4. The molecule has 2 aromatic rings. The quantitative estimate of drug-likeness (QED) is 0.573. The van der Waals surface area contributed by atoms with Gasteiger partial charge in [0.05, 0.1) is 9.40 Å². The van der Waals surface area contributed by atoms with E-state index in [0.29, 0.717) is 4.47 Å². The Morgan fingerprint density at radius 2 is 1.53 bits per heavy atom. The summed E-state index contributed by atoms with van der Waals surface area (Å²) >= 11 is 6.52. The fraction of sp³-hybridized carbons (Fsp3) is 0. The minimum absolute atomic E-state index is 0.0745. The van der Waals surface area contributed by atoms with Crippen LogP contribution >= 0.6 is 31.9 Å². The van der Waals surface area contributed by atoms with Crippen LogP contribution in [0, 0.1) is 10.1 Å². The highest BCUT2D eigenvalue weighted by atomic mass is 79.9. The third kappa shape index (κ3) is 2.73. The van der Waals surface area contributed by atoms with Crippen molar-refractivity contribution in [1.82, 2.24) is 0 Å². The highest BCUT2D eigenvalue weighted by molar-refractivity contribution is 9.10. The Morgan fingerprint density at radius 3 is 2.12 bits per heavy atom. The molecule has 0 bridgehead atoms. The highest BCUT2D eigenvalue weighted by Gasteiger charge is 2.12. The van der Waals surface area contributed by atoms with Gasteiger partial charge in [0.15, 0.2) is 0 Å². The highest BCUT2D eigenvalue weighted by Crippen LogP contribution is 2.30. The summed E-state index contributed by atoms with van der Waals surface area (Å²) in [6.45, 7) is 0. The van der Waals surface area contributed by atoms with E-state index in [9.17, 15) is 10.1 Å². The Kier molecular flexibility index (Phi) is 3.59. The second-order valence-corrected chi connectivity index (χ2v) is 5.20. The van der Waals surface area contributed by atoms with E-state index >= 15 is 0 Å². The van der Waals surface area contributed by atoms with Crippen LogP contribution in [0.5, 0.6) is 0 Å². The van der Waals surface area contributed by atoms with Crippen LogP contribution in [0.2, 0.25) is 0 Å². The van der Waals surface area contributed by atoms with Gasteiger partial charge >= 0.3 is 0 Å². The van der Waals surface area contributed by atoms with E-state index in [1.807, 2.05) is 30.3 Å². The van der Waals surface area contributed by atoms with Crippen molar-refractivity contribution in [3.05, 3.63) is 61.5 Å². The first-order valence-corrected chi connectivity index (χ1v) is 6.36. The predicted octanol–water partition coefficient (Wildman–Crippen LogP) is 4.79. The van der Waals surface area contributed by atoms with Crippen molar-refractivity contribution in [1.29, 1.82) is 0 Å². The number of halogens is 2. The Hall–Kier alpha value is -1.20. The third-order valence-electron chi connectivity index (χ3n) is 2.32. The molecular formula is C12H7Br2NO2. The molecule has 0 aromatic heterocycles. The number of rotatable bonds is 2. The maximum absolute atomic E-state index is 10.8. The van der Waals surface area contributed by atoms with Crippen LogP contribution in [-0.2, 0) is 0 Å². The van der Waals surface area contributed by atoms with Gasteiger partial charge in [-0.3, -0.25) is 10.1 Å². The molecule has 0 fully saturated rings. The molecule has 0 aliphatic heterocycles. The van der Waals surface area contributed by atoms with Crippen molar-refractivity contribution < 1.29 is 4.92 Å². The molecule has 5 heteroatoms. The van der Waals surface area contributed by atoms with Gasteiger partial charge in [0.1, 0.15) is 0 Å². The van der Waals surface area contributed by atoms with Gasteiger partial charge in [-0.15, -0.1) is 0 Å². The number of nitro benzene ring substituents is 1. The molecule has 0 spiro atoms. The second-order valence-electron chi connectivity index (χ2n) is 3.43. The van der Waals surface area contributed by atoms with E-state index in [-0.39, 0.29) is 5.69 Å². The topological polar surface area (TPSA) is 43.1 Å². The van der Waals surface area contributed by atoms with E-state index in [0.717, 1.165) is 15.6 Å². The molecule has 0 N–H and O–H groups in total. The average molecular weight is 357 g/mol. The van der Waals surface area contributed by atoms with Crippen LogP contribution in [-0.4, -0.2) is 4.92 Å². The first-order chi connectivity index (χ1) is 8.08. The summed E-state index contributed by atoms with van der Waals surface area (Å²) < 4.78 is 1.47. The maximum Gasteiger partial charge on any atom is 0.284 e. The number of hydrogen-bond acceptors (Lipinski definition) is 2. The molecule has 0 saturated carbocycles. The molecule has 3 nitrogen and oxygen atoms in total. The molecule has 0 saturated heterocycles. The molecule has 0 unspecified atom stereocenters. The molecule has 0 atom stereocenters. The van der Waals surface area contributed by atoms with Crippen LogP contribution < -0.4 is 0 Å². The number of benzene rings is 2.